The minimum atomic E-state index is -1.11. The number of benzene rings is 1. The van der Waals surface area contributed by atoms with Gasteiger partial charge in [-0.3, -0.25) is 0 Å². The second-order valence-corrected chi connectivity index (χ2v) is 9.65. The van der Waals surface area contributed by atoms with Gasteiger partial charge in [-0.25, -0.2) is 17.8 Å². The van der Waals surface area contributed by atoms with Crippen LogP contribution in [0.2, 0.25) is 0 Å². The number of aliphatic imine (C=N–C) groups is 1. The van der Waals surface area contributed by atoms with Crippen LogP contribution < -0.4 is 9.21 Å². The highest BCUT2D eigenvalue weighted by Gasteiger charge is 2.37. The van der Waals surface area contributed by atoms with E-state index in [9.17, 15) is 13.7 Å². The van der Waals surface area contributed by atoms with Crippen molar-refractivity contribution in [2.24, 2.45) is 4.99 Å². The summed E-state index contributed by atoms with van der Waals surface area (Å²) < 4.78 is 28.8. The zero-order valence-electron chi connectivity index (χ0n) is 16.1. The number of unbranched alkanes of at least 4 members (excludes halogenated alkanes) is 1. The quantitative estimate of drug-likeness (QED) is 0.548. The van der Waals surface area contributed by atoms with E-state index in [0.29, 0.717) is 24.4 Å². The number of hydrogen-bond acceptors (Lipinski definition) is 4. The summed E-state index contributed by atoms with van der Waals surface area (Å²) in [4.78, 5) is 4.01. The van der Waals surface area contributed by atoms with Crippen LogP contribution >= 0.6 is 0 Å². The molecule has 6 nitrogen and oxygen atoms in total. The monoisotopic (exact) mass is 393 g/mol. The first-order chi connectivity index (χ1) is 12.6. The molecule has 1 aromatic rings. The molecule has 0 amide bonds. The van der Waals surface area contributed by atoms with Crippen LogP contribution in [0.15, 0.2) is 34.8 Å². The predicted molar refractivity (Wildman–Crippen MR) is 107 cm³/mol. The van der Waals surface area contributed by atoms with Crippen molar-refractivity contribution in [1.29, 1.82) is 5.26 Å². The van der Waals surface area contributed by atoms with E-state index in [1.54, 1.807) is 18.5 Å². The molecule has 0 bridgehead atoms. The average Bonchev–Trinajstić information content (AvgIpc) is 2.89. The Hall–Kier alpha value is -2.08. The smallest absolute Gasteiger partial charge is 0.275 e. The highest BCUT2D eigenvalue weighted by atomic mass is 32.2. The molecule has 0 aromatic heterocycles. The van der Waals surface area contributed by atoms with Gasteiger partial charge in [-0.05, 0) is 39.7 Å². The van der Waals surface area contributed by atoms with Crippen molar-refractivity contribution in [2.45, 2.75) is 44.8 Å². The molecular formula is C19H26FN4O2S+. The highest BCUT2D eigenvalue weighted by Crippen LogP contribution is 2.34. The van der Waals surface area contributed by atoms with Gasteiger partial charge in [0.25, 0.3) is 5.88 Å². The van der Waals surface area contributed by atoms with Gasteiger partial charge < -0.3 is 5.11 Å². The van der Waals surface area contributed by atoms with Crippen molar-refractivity contribution in [3.05, 3.63) is 41.2 Å². The van der Waals surface area contributed by atoms with Crippen LogP contribution in [0.1, 0.15) is 45.6 Å². The number of nitriles is 1. The van der Waals surface area contributed by atoms with Gasteiger partial charge in [0, 0.05) is 25.1 Å². The standard InChI is InChI=1S/C19H25FN4O2S/c1-19(2,3)27(26)23-10-6-5-7-17-18(25)22-13-24(17,4)15-9-8-14(12-21)16(20)11-15/h8-9,11,13,23H,5-7,10H2,1-4H3/p+1/t24-,27?/m1/s1. The Morgan fingerprint density at radius 3 is 2.67 bits per heavy atom. The summed E-state index contributed by atoms with van der Waals surface area (Å²) in [5.41, 5.74) is 1.23. The maximum atomic E-state index is 14.0. The topological polar surface area (TPSA) is 85.5 Å². The Labute approximate surface area is 162 Å². The molecule has 0 spiro atoms. The van der Waals surface area contributed by atoms with Crippen LogP contribution in [0, 0.1) is 17.1 Å². The van der Waals surface area contributed by atoms with Gasteiger partial charge in [0.2, 0.25) is 6.34 Å². The molecule has 2 rings (SSSR count). The molecule has 8 heteroatoms. The SMILES string of the molecule is CC(C)(C)S(=O)NCCCCC1=C(O)N=C[N@+]1(C)c1ccc(C#N)c(F)c1. The largest absolute Gasteiger partial charge is 0.489 e. The molecule has 0 aliphatic carbocycles. The van der Waals surface area contributed by atoms with E-state index in [-0.39, 0.29) is 20.7 Å². The molecular weight excluding hydrogens is 367 g/mol. The highest BCUT2D eigenvalue weighted by molar-refractivity contribution is 7.84. The van der Waals surface area contributed by atoms with Gasteiger partial charge in [-0.1, -0.05) is 0 Å². The molecule has 0 saturated heterocycles. The van der Waals surface area contributed by atoms with Crippen molar-refractivity contribution in [2.75, 3.05) is 13.6 Å². The fourth-order valence-corrected chi connectivity index (χ4v) is 3.53. The van der Waals surface area contributed by atoms with Crippen molar-refractivity contribution >= 4 is 23.0 Å². The van der Waals surface area contributed by atoms with Gasteiger partial charge in [0.15, 0.2) is 5.70 Å². The zero-order chi connectivity index (χ0) is 20.2. The lowest BCUT2D eigenvalue weighted by molar-refractivity contribution is 0.386. The second-order valence-electron chi connectivity index (χ2n) is 7.60. The predicted octanol–water partition coefficient (Wildman–Crippen LogP) is 3.63. The van der Waals surface area contributed by atoms with E-state index in [4.69, 9.17) is 5.26 Å². The number of rotatable bonds is 7. The maximum Gasteiger partial charge on any atom is 0.275 e. The van der Waals surface area contributed by atoms with Crippen LogP contribution in [0.25, 0.3) is 0 Å². The molecule has 1 aromatic carbocycles. The number of aliphatic hydroxyl groups excluding tert-OH is 1. The van der Waals surface area contributed by atoms with Gasteiger partial charge in [0.1, 0.15) is 17.6 Å². The first-order valence-corrected chi connectivity index (χ1v) is 9.94. The molecule has 2 atom stereocenters. The number of aliphatic hydroxyl groups is 1. The third-order valence-electron chi connectivity index (χ3n) is 4.47. The summed E-state index contributed by atoms with van der Waals surface area (Å²) in [6.45, 7) is 6.34. The Bertz CT molecular complexity index is 839. The number of allylic oxidation sites excluding steroid dienone is 1. The lowest BCUT2D eigenvalue weighted by Gasteiger charge is -2.27. The van der Waals surface area contributed by atoms with Crippen LogP contribution in [0.4, 0.5) is 10.1 Å². The summed E-state index contributed by atoms with van der Waals surface area (Å²) in [6, 6.07) is 6.21. The number of halogens is 1. The van der Waals surface area contributed by atoms with E-state index < -0.39 is 16.8 Å². The van der Waals surface area contributed by atoms with E-state index in [0.717, 1.165) is 12.8 Å². The Morgan fingerprint density at radius 1 is 1.37 bits per heavy atom. The maximum absolute atomic E-state index is 14.0. The normalized spacial score (nSPS) is 20.7. The molecule has 146 valence electrons. The molecule has 1 aliphatic heterocycles. The molecule has 0 fully saturated rings. The fourth-order valence-electron chi connectivity index (χ4n) is 2.77. The van der Waals surface area contributed by atoms with Crippen molar-refractivity contribution in [3.63, 3.8) is 0 Å². The summed E-state index contributed by atoms with van der Waals surface area (Å²) in [6.07, 6.45) is 3.65. The van der Waals surface area contributed by atoms with Gasteiger partial charge in [-0.2, -0.15) is 10.3 Å². The van der Waals surface area contributed by atoms with Crippen LogP contribution in [0.3, 0.4) is 0 Å². The summed E-state index contributed by atoms with van der Waals surface area (Å²) >= 11 is 0. The Kier molecular flexibility index (Phi) is 6.52. The summed E-state index contributed by atoms with van der Waals surface area (Å²) in [5, 5.41) is 19.1. The first-order valence-electron chi connectivity index (χ1n) is 8.79. The molecule has 1 heterocycles. The molecule has 1 aliphatic rings. The lowest BCUT2D eigenvalue weighted by atomic mass is 10.1. The van der Waals surface area contributed by atoms with E-state index in [1.165, 1.54) is 12.1 Å². The molecule has 0 radical (unpaired) electrons. The fraction of sp³-hybridized carbons (Fsp3) is 0.474. The third-order valence-corrected chi connectivity index (χ3v) is 6.05. The van der Waals surface area contributed by atoms with E-state index >= 15 is 0 Å². The average molecular weight is 394 g/mol. The molecule has 2 N–H and O–H groups in total. The third kappa shape index (κ3) is 4.80. The van der Waals surface area contributed by atoms with Gasteiger partial charge >= 0.3 is 0 Å². The van der Waals surface area contributed by atoms with Crippen LogP contribution in [-0.4, -0.2) is 34.0 Å². The van der Waals surface area contributed by atoms with Crippen LogP contribution in [-0.2, 0) is 11.0 Å². The van der Waals surface area contributed by atoms with E-state index in [1.807, 2.05) is 27.8 Å². The van der Waals surface area contributed by atoms with Crippen molar-refractivity contribution in [3.8, 4) is 6.07 Å². The zero-order valence-corrected chi connectivity index (χ0v) is 16.9. The second kappa shape index (κ2) is 8.30. The minimum absolute atomic E-state index is 0.0193. The summed E-state index contributed by atoms with van der Waals surface area (Å²) in [5.74, 6) is -0.657. The number of quaternary nitrogens is 1. The van der Waals surface area contributed by atoms with Crippen LogP contribution in [0.5, 0.6) is 0 Å². The Balaban J connectivity index is 2.02. The van der Waals surface area contributed by atoms with Gasteiger partial charge in [0.05, 0.1) is 28.3 Å². The first kappa shape index (κ1) is 21.2. The molecule has 1 unspecified atom stereocenters. The minimum Gasteiger partial charge on any atom is -0.489 e. The van der Waals surface area contributed by atoms with E-state index in [2.05, 4.69) is 9.71 Å². The van der Waals surface area contributed by atoms with Crippen molar-refractivity contribution < 1.29 is 13.7 Å². The number of nitrogens with zero attached hydrogens (tertiary/aromatic N) is 3. The van der Waals surface area contributed by atoms with Gasteiger partial charge in [-0.15, -0.1) is 0 Å². The summed E-state index contributed by atoms with van der Waals surface area (Å²) in [7, 11) is 0.707. The molecule has 27 heavy (non-hydrogen) atoms. The van der Waals surface area contributed by atoms with Crippen molar-refractivity contribution in [1.82, 2.24) is 9.21 Å². The number of hydrogen-bond donors (Lipinski definition) is 2. The lowest BCUT2D eigenvalue weighted by Crippen LogP contribution is -2.41. The molecule has 0 saturated carbocycles. The Morgan fingerprint density at radius 2 is 2.07 bits per heavy atom. The number of nitrogens with one attached hydrogen (secondary N) is 1.